The van der Waals surface area contributed by atoms with Crippen LogP contribution in [0.2, 0.25) is 5.02 Å². The van der Waals surface area contributed by atoms with Crippen molar-refractivity contribution in [3.05, 3.63) is 34.9 Å². The zero-order chi connectivity index (χ0) is 16.1. The average molecular weight is 336 g/mol. The van der Waals surface area contributed by atoms with E-state index in [9.17, 15) is 0 Å². The number of halogens is 1. The number of nitrogens with one attached hydrogen (secondary N) is 1. The van der Waals surface area contributed by atoms with Crippen LogP contribution in [0.1, 0.15) is 31.2 Å². The van der Waals surface area contributed by atoms with E-state index < -0.39 is 0 Å². The standard InChI is InChI=1S/C18H26ClN3O/c1-20-17(22-10-4-5-11-22)21-14-18(8-12-23-13-9-18)15-6-2-3-7-16(15)19/h2-3,6-7H,4-5,8-14H2,1H3,(H,20,21). The van der Waals surface area contributed by atoms with Crippen LogP contribution in [0.4, 0.5) is 0 Å². The highest BCUT2D eigenvalue weighted by atomic mass is 35.5. The molecule has 3 rings (SSSR count). The SMILES string of the molecule is CN=C(NCC1(c2ccccc2Cl)CCOCC1)N1CCCC1. The van der Waals surface area contributed by atoms with Crippen LogP contribution in [0.5, 0.6) is 0 Å². The lowest BCUT2D eigenvalue weighted by molar-refractivity contribution is 0.0512. The van der Waals surface area contributed by atoms with Crippen LogP contribution in [-0.2, 0) is 10.2 Å². The van der Waals surface area contributed by atoms with Gasteiger partial charge in [0.2, 0.25) is 0 Å². The van der Waals surface area contributed by atoms with Gasteiger partial charge in [0.15, 0.2) is 5.96 Å². The molecule has 2 fully saturated rings. The van der Waals surface area contributed by atoms with Gasteiger partial charge < -0.3 is 15.0 Å². The third-order valence-electron chi connectivity index (χ3n) is 5.10. The van der Waals surface area contributed by atoms with E-state index in [0.717, 1.165) is 56.7 Å². The fraction of sp³-hybridized carbons (Fsp3) is 0.611. The minimum absolute atomic E-state index is 0.0201. The van der Waals surface area contributed by atoms with Gasteiger partial charge >= 0.3 is 0 Å². The number of likely N-dealkylation sites (tertiary alicyclic amines) is 1. The van der Waals surface area contributed by atoms with Crippen molar-refractivity contribution in [2.45, 2.75) is 31.1 Å². The van der Waals surface area contributed by atoms with Gasteiger partial charge in [-0.25, -0.2) is 0 Å². The van der Waals surface area contributed by atoms with Gasteiger partial charge in [0.05, 0.1) is 0 Å². The Labute approximate surface area is 143 Å². The van der Waals surface area contributed by atoms with Gasteiger partial charge in [-0.1, -0.05) is 29.8 Å². The Bertz CT molecular complexity index is 549. The molecule has 0 spiro atoms. The fourth-order valence-electron chi connectivity index (χ4n) is 3.70. The first-order valence-electron chi connectivity index (χ1n) is 8.53. The molecule has 0 aromatic heterocycles. The summed E-state index contributed by atoms with van der Waals surface area (Å²) in [6.45, 7) is 4.62. The van der Waals surface area contributed by atoms with Gasteiger partial charge in [0.25, 0.3) is 0 Å². The molecule has 0 aliphatic carbocycles. The van der Waals surface area contributed by atoms with Crippen molar-refractivity contribution in [2.24, 2.45) is 4.99 Å². The lowest BCUT2D eigenvalue weighted by atomic mass is 9.74. The van der Waals surface area contributed by atoms with Crippen molar-refractivity contribution >= 4 is 17.6 Å². The summed E-state index contributed by atoms with van der Waals surface area (Å²) in [5, 5.41) is 4.46. The molecule has 126 valence electrons. The van der Waals surface area contributed by atoms with Gasteiger partial charge in [0.1, 0.15) is 0 Å². The van der Waals surface area contributed by atoms with Gasteiger partial charge in [0, 0.05) is 50.3 Å². The number of ether oxygens (including phenoxy) is 1. The van der Waals surface area contributed by atoms with Crippen molar-refractivity contribution in [2.75, 3.05) is 39.9 Å². The second-order valence-electron chi connectivity index (χ2n) is 6.47. The topological polar surface area (TPSA) is 36.9 Å². The molecule has 2 saturated heterocycles. The molecule has 0 saturated carbocycles. The van der Waals surface area contributed by atoms with E-state index in [2.05, 4.69) is 27.3 Å². The Kier molecular flexibility index (Phi) is 5.44. The van der Waals surface area contributed by atoms with Crippen LogP contribution in [0, 0.1) is 0 Å². The number of rotatable bonds is 3. The minimum atomic E-state index is 0.0201. The van der Waals surface area contributed by atoms with Crippen LogP contribution < -0.4 is 5.32 Å². The Morgan fingerprint density at radius 3 is 2.61 bits per heavy atom. The van der Waals surface area contributed by atoms with E-state index in [0.29, 0.717) is 0 Å². The molecule has 1 N–H and O–H groups in total. The lowest BCUT2D eigenvalue weighted by Crippen LogP contribution is -2.48. The first-order chi connectivity index (χ1) is 11.2. The molecule has 23 heavy (non-hydrogen) atoms. The second-order valence-corrected chi connectivity index (χ2v) is 6.87. The quantitative estimate of drug-likeness (QED) is 0.681. The van der Waals surface area contributed by atoms with E-state index in [-0.39, 0.29) is 5.41 Å². The summed E-state index contributed by atoms with van der Waals surface area (Å²) in [6, 6.07) is 8.22. The summed E-state index contributed by atoms with van der Waals surface area (Å²) in [7, 11) is 1.87. The number of benzene rings is 1. The third kappa shape index (κ3) is 3.64. The zero-order valence-corrected chi connectivity index (χ0v) is 14.6. The van der Waals surface area contributed by atoms with E-state index >= 15 is 0 Å². The van der Waals surface area contributed by atoms with Gasteiger partial charge in [-0.05, 0) is 37.3 Å². The van der Waals surface area contributed by atoms with Crippen molar-refractivity contribution in [3.63, 3.8) is 0 Å². The third-order valence-corrected chi connectivity index (χ3v) is 5.43. The summed E-state index contributed by atoms with van der Waals surface area (Å²) in [6.07, 6.45) is 4.48. The minimum Gasteiger partial charge on any atom is -0.381 e. The van der Waals surface area contributed by atoms with Crippen molar-refractivity contribution in [3.8, 4) is 0 Å². The normalized spacial score (nSPS) is 21.5. The van der Waals surface area contributed by atoms with Gasteiger partial charge in [-0.2, -0.15) is 0 Å². The predicted molar refractivity (Wildman–Crippen MR) is 95.4 cm³/mol. The van der Waals surface area contributed by atoms with E-state index in [1.165, 1.54) is 18.4 Å². The molecule has 2 aliphatic rings. The molecular formula is C18H26ClN3O. The van der Waals surface area contributed by atoms with Crippen molar-refractivity contribution < 1.29 is 4.74 Å². The molecule has 2 heterocycles. The largest absolute Gasteiger partial charge is 0.381 e. The highest BCUT2D eigenvalue weighted by Gasteiger charge is 2.36. The highest BCUT2D eigenvalue weighted by molar-refractivity contribution is 6.31. The molecule has 1 aromatic carbocycles. The number of hydrogen-bond donors (Lipinski definition) is 1. The summed E-state index contributed by atoms with van der Waals surface area (Å²) in [4.78, 5) is 6.82. The van der Waals surface area contributed by atoms with Crippen LogP contribution in [0.3, 0.4) is 0 Å². The molecule has 0 atom stereocenters. The van der Waals surface area contributed by atoms with Crippen LogP contribution >= 0.6 is 11.6 Å². The Hall–Kier alpha value is -1.26. The van der Waals surface area contributed by atoms with Crippen LogP contribution in [-0.4, -0.2) is 50.8 Å². The molecule has 0 bridgehead atoms. The number of hydrogen-bond acceptors (Lipinski definition) is 2. The maximum absolute atomic E-state index is 6.51. The first kappa shape index (κ1) is 16.6. The maximum Gasteiger partial charge on any atom is 0.193 e. The van der Waals surface area contributed by atoms with E-state index in [4.69, 9.17) is 16.3 Å². The lowest BCUT2D eigenvalue weighted by Gasteiger charge is -2.39. The Morgan fingerprint density at radius 1 is 1.26 bits per heavy atom. The first-order valence-corrected chi connectivity index (χ1v) is 8.91. The van der Waals surface area contributed by atoms with Gasteiger partial charge in [-0.3, -0.25) is 4.99 Å². The molecule has 5 heteroatoms. The summed E-state index contributed by atoms with van der Waals surface area (Å²) in [5.41, 5.74) is 1.25. The van der Waals surface area contributed by atoms with Crippen molar-refractivity contribution in [1.82, 2.24) is 10.2 Å². The fourth-order valence-corrected chi connectivity index (χ4v) is 4.04. The Morgan fingerprint density at radius 2 is 1.96 bits per heavy atom. The molecule has 4 nitrogen and oxygen atoms in total. The van der Waals surface area contributed by atoms with E-state index in [1.54, 1.807) is 0 Å². The molecule has 2 aliphatic heterocycles. The van der Waals surface area contributed by atoms with Crippen LogP contribution in [0.15, 0.2) is 29.3 Å². The summed E-state index contributed by atoms with van der Waals surface area (Å²) in [5.74, 6) is 1.01. The molecule has 0 radical (unpaired) electrons. The number of aliphatic imine (C=N–C) groups is 1. The molecular weight excluding hydrogens is 310 g/mol. The molecule has 0 amide bonds. The zero-order valence-electron chi connectivity index (χ0n) is 13.9. The highest BCUT2D eigenvalue weighted by Crippen LogP contribution is 2.38. The number of nitrogens with zero attached hydrogens (tertiary/aromatic N) is 2. The monoisotopic (exact) mass is 335 g/mol. The van der Waals surface area contributed by atoms with E-state index in [1.807, 2.05) is 19.2 Å². The molecule has 0 unspecified atom stereocenters. The van der Waals surface area contributed by atoms with Crippen molar-refractivity contribution in [1.29, 1.82) is 0 Å². The van der Waals surface area contributed by atoms with Crippen LogP contribution in [0.25, 0.3) is 0 Å². The average Bonchev–Trinajstić information content (AvgIpc) is 3.11. The Balaban J connectivity index is 1.78. The number of guanidine groups is 1. The molecule has 1 aromatic rings. The smallest absolute Gasteiger partial charge is 0.193 e. The second kappa shape index (κ2) is 7.54. The maximum atomic E-state index is 6.51. The summed E-state index contributed by atoms with van der Waals surface area (Å²) < 4.78 is 5.61. The van der Waals surface area contributed by atoms with Gasteiger partial charge in [-0.15, -0.1) is 0 Å². The predicted octanol–water partition coefficient (Wildman–Crippen LogP) is 3.06. The summed E-state index contributed by atoms with van der Waals surface area (Å²) >= 11 is 6.51.